The van der Waals surface area contributed by atoms with Gasteiger partial charge in [0, 0.05) is 5.39 Å². The van der Waals surface area contributed by atoms with Crippen LogP contribution in [0.3, 0.4) is 0 Å². The van der Waals surface area contributed by atoms with Gasteiger partial charge in [-0.2, -0.15) is 0 Å². The molecule has 1 aromatic heterocycles. The van der Waals surface area contributed by atoms with Gasteiger partial charge >= 0.3 is 5.97 Å². The van der Waals surface area contributed by atoms with Crippen molar-refractivity contribution in [2.24, 2.45) is 0 Å². The Morgan fingerprint density at radius 1 is 1.53 bits per heavy atom. The molecule has 0 saturated carbocycles. The van der Waals surface area contributed by atoms with Gasteiger partial charge in [0.15, 0.2) is 0 Å². The van der Waals surface area contributed by atoms with Crippen molar-refractivity contribution >= 4 is 16.9 Å². The molecule has 2 rings (SSSR count). The zero-order valence-electron chi connectivity index (χ0n) is 7.87. The van der Waals surface area contributed by atoms with Crippen LogP contribution in [0.4, 0.5) is 4.39 Å². The summed E-state index contributed by atoms with van der Waals surface area (Å²) in [6.07, 6.45) is 0. The molecule has 1 aromatic carbocycles. The number of esters is 1. The summed E-state index contributed by atoms with van der Waals surface area (Å²) in [7, 11) is 1.23. The second kappa shape index (κ2) is 3.27. The molecule has 0 spiro atoms. The fourth-order valence-electron chi connectivity index (χ4n) is 1.39. The number of H-pyrrole nitrogens is 1. The lowest BCUT2D eigenvalue weighted by Gasteiger charge is -1.94. The van der Waals surface area contributed by atoms with E-state index in [4.69, 9.17) is 0 Å². The highest BCUT2D eigenvalue weighted by Gasteiger charge is 2.14. The van der Waals surface area contributed by atoms with Crippen LogP contribution in [0, 0.1) is 5.82 Å². The van der Waals surface area contributed by atoms with E-state index in [-0.39, 0.29) is 22.3 Å². The molecule has 0 fully saturated rings. The van der Waals surface area contributed by atoms with E-state index in [0.717, 1.165) is 6.07 Å². The third-order valence-electron chi connectivity index (χ3n) is 2.13. The van der Waals surface area contributed by atoms with Crippen LogP contribution in [0.5, 0.6) is 5.75 Å². The van der Waals surface area contributed by atoms with E-state index in [0.29, 0.717) is 0 Å². The van der Waals surface area contributed by atoms with E-state index in [1.165, 1.54) is 19.2 Å². The molecule has 2 N–H and O–H groups in total. The van der Waals surface area contributed by atoms with Crippen LogP contribution >= 0.6 is 0 Å². The number of hydrogen-bond acceptors (Lipinski definition) is 3. The maximum atomic E-state index is 13.3. The number of hydrogen-bond donors (Lipinski definition) is 2. The summed E-state index contributed by atoms with van der Waals surface area (Å²) in [5, 5.41) is 9.68. The van der Waals surface area contributed by atoms with Gasteiger partial charge in [0.05, 0.1) is 12.6 Å². The zero-order valence-corrected chi connectivity index (χ0v) is 7.87. The predicted molar refractivity (Wildman–Crippen MR) is 51.3 cm³/mol. The van der Waals surface area contributed by atoms with Crippen molar-refractivity contribution in [3.8, 4) is 5.75 Å². The SMILES string of the molecule is COC(=O)c1cc2c(O)ccc(F)c2[nH]1. The lowest BCUT2D eigenvalue weighted by atomic mass is 10.2. The van der Waals surface area contributed by atoms with Crippen LogP contribution in [0.25, 0.3) is 10.9 Å². The molecule has 0 saturated heterocycles. The van der Waals surface area contributed by atoms with Gasteiger partial charge in [-0.3, -0.25) is 0 Å². The summed E-state index contributed by atoms with van der Waals surface area (Å²) in [5.74, 6) is -1.22. The molecule has 0 atom stereocenters. The molecule has 0 bridgehead atoms. The van der Waals surface area contributed by atoms with Crippen LogP contribution in [0.15, 0.2) is 18.2 Å². The Kier molecular flexibility index (Phi) is 2.07. The number of benzene rings is 1. The molecule has 0 aliphatic rings. The van der Waals surface area contributed by atoms with Crippen LogP contribution in [0.1, 0.15) is 10.5 Å². The number of rotatable bonds is 1. The van der Waals surface area contributed by atoms with Gasteiger partial charge in [0.2, 0.25) is 0 Å². The molecule has 0 aliphatic carbocycles. The molecular formula is C10H8FNO3. The monoisotopic (exact) mass is 209 g/mol. The average molecular weight is 209 g/mol. The Labute approximate surface area is 84.3 Å². The summed E-state index contributed by atoms with van der Waals surface area (Å²) in [4.78, 5) is 13.7. The van der Waals surface area contributed by atoms with Crippen molar-refractivity contribution in [2.45, 2.75) is 0 Å². The van der Waals surface area contributed by atoms with Gasteiger partial charge in [-0.15, -0.1) is 0 Å². The second-order valence-corrected chi connectivity index (χ2v) is 3.03. The zero-order chi connectivity index (χ0) is 11.0. The number of ether oxygens (including phenoxy) is 1. The summed E-state index contributed by atoms with van der Waals surface area (Å²) in [6, 6.07) is 3.70. The van der Waals surface area contributed by atoms with E-state index in [1.807, 2.05) is 0 Å². The minimum Gasteiger partial charge on any atom is -0.507 e. The number of fused-ring (bicyclic) bond motifs is 1. The number of carbonyl (C=O) groups is 1. The highest BCUT2D eigenvalue weighted by atomic mass is 19.1. The minimum absolute atomic E-state index is 0.0854. The predicted octanol–water partition coefficient (Wildman–Crippen LogP) is 1.80. The van der Waals surface area contributed by atoms with E-state index in [2.05, 4.69) is 9.72 Å². The van der Waals surface area contributed by atoms with E-state index in [9.17, 15) is 14.3 Å². The van der Waals surface area contributed by atoms with Crippen molar-refractivity contribution in [2.75, 3.05) is 7.11 Å². The van der Waals surface area contributed by atoms with Gasteiger partial charge < -0.3 is 14.8 Å². The minimum atomic E-state index is -0.606. The number of phenols is 1. The number of methoxy groups -OCH3 is 1. The molecule has 0 unspecified atom stereocenters. The third kappa shape index (κ3) is 1.41. The number of halogens is 1. The summed E-state index contributed by atoms with van der Waals surface area (Å²) >= 11 is 0. The third-order valence-corrected chi connectivity index (χ3v) is 2.13. The largest absolute Gasteiger partial charge is 0.507 e. The van der Waals surface area contributed by atoms with Crippen LogP contribution in [-0.4, -0.2) is 23.2 Å². The first-order chi connectivity index (χ1) is 7.13. The van der Waals surface area contributed by atoms with Gasteiger partial charge in [0.1, 0.15) is 17.3 Å². The number of aromatic nitrogens is 1. The molecule has 5 heteroatoms. The fraction of sp³-hybridized carbons (Fsp3) is 0.100. The van der Waals surface area contributed by atoms with Crippen molar-refractivity contribution in [3.05, 3.63) is 29.7 Å². The topological polar surface area (TPSA) is 62.3 Å². The number of phenolic OH excluding ortho intramolecular Hbond substituents is 1. The summed E-state index contributed by atoms with van der Waals surface area (Å²) in [5.41, 5.74) is 0.198. The number of nitrogens with one attached hydrogen (secondary N) is 1. The lowest BCUT2D eigenvalue weighted by molar-refractivity contribution is 0.0595. The van der Waals surface area contributed by atoms with Crippen LogP contribution in [0.2, 0.25) is 0 Å². The van der Waals surface area contributed by atoms with Gasteiger partial charge in [-0.25, -0.2) is 9.18 Å². The first-order valence-corrected chi connectivity index (χ1v) is 4.22. The van der Waals surface area contributed by atoms with Crippen molar-refractivity contribution < 1.29 is 19.0 Å². The number of aromatic hydroxyl groups is 1. The van der Waals surface area contributed by atoms with E-state index < -0.39 is 11.8 Å². The smallest absolute Gasteiger partial charge is 0.354 e. The molecule has 0 radical (unpaired) electrons. The summed E-state index contributed by atoms with van der Waals surface area (Å²) < 4.78 is 17.7. The standard InChI is InChI=1S/C10H8FNO3/c1-15-10(14)7-4-5-8(13)3-2-6(11)9(5)12-7/h2-4,12-13H,1H3. The Morgan fingerprint density at radius 3 is 2.87 bits per heavy atom. The Morgan fingerprint density at radius 2 is 2.27 bits per heavy atom. The maximum absolute atomic E-state index is 13.3. The highest BCUT2D eigenvalue weighted by Crippen LogP contribution is 2.27. The highest BCUT2D eigenvalue weighted by molar-refractivity contribution is 5.97. The van der Waals surface area contributed by atoms with Crippen molar-refractivity contribution in [1.29, 1.82) is 0 Å². The lowest BCUT2D eigenvalue weighted by Crippen LogP contribution is -2.00. The Balaban J connectivity index is 2.70. The molecule has 78 valence electrons. The normalized spacial score (nSPS) is 10.5. The van der Waals surface area contributed by atoms with Crippen molar-refractivity contribution in [1.82, 2.24) is 4.98 Å². The molecule has 2 aromatic rings. The van der Waals surface area contributed by atoms with E-state index in [1.54, 1.807) is 0 Å². The Hall–Kier alpha value is -2.04. The fourth-order valence-corrected chi connectivity index (χ4v) is 1.39. The number of carbonyl (C=O) groups excluding carboxylic acids is 1. The molecule has 15 heavy (non-hydrogen) atoms. The van der Waals surface area contributed by atoms with E-state index >= 15 is 0 Å². The first-order valence-electron chi connectivity index (χ1n) is 4.22. The molecular weight excluding hydrogens is 201 g/mol. The molecule has 0 amide bonds. The van der Waals surface area contributed by atoms with Crippen molar-refractivity contribution in [3.63, 3.8) is 0 Å². The van der Waals surface area contributed by atoms with Gasteiger partial charge in [-0.05, 0) is 18.2 Å². The quantitative estimate of drug-likeness (QED) is 0.704. The van der Waals surface area contributed by atoms with Gasteiger partial charge in [-0.1, -0.05) is 0 Å². The molecule has 1 heterocycles. The average Bonchev–Trinajstić information content (AvgIpc) is 2.68. The first kappa shape index (κ1) is 9.51. The maximum Gasteiger partial charge on any atom is 0.354 e. The molecule has 0 aliphatic heterocycles. The molecule has 4 nitrogen and oxygen atoms in total. The van der Waals surface area contributed by atoms with Gasteiger partial charge in [0.25, 0.3) is 0 Å². The number of aromatic amines is 1. The van der Waals surface area contributed by atoms with Crippen LogP contribution in [-0.2, 0) is 4.74 Å². The Bertz CT molecular complexity index is 494. The summed E-state index contributed by atoms with van der Waals surface area (Å²) in [6.45, 7) is 0. The second-order valence-electron chi connectivity index (χ2n) is 3.03. The van der Waals surface area contributed by atoms with Crippen LogP contribution < -0.4 is 0 Å².